The minimum absolute atomic E-state index is 0.00905. The molecule has 6 N–H and O–H groups in total. The van der Waals surface area contributed by atoms with Gasteiger partial charge >= 0.3 is 5.97 Å². The van der Waals surface area contributed by atoms with Gasteiger partial charge in [0, 0.05) is 12.8 Å². The molecule has 0 aromatic rings. The number of allylic oxidation sites excluding steroid dienone is 11. The Morgan fingerprint density at radius 1 is 0.440 bits per heavy atom. The number of hydrogen-bond donors (Lipinski definition) is 6. The average molecular weight is 1180 g/mol. The molecule has 0 aliphatic carbocycles. The second-order valence-corrected chi connectivity index (χ2v) is 24.2. The Morgan fingerprint density at radius 3 is 1.27 bits per heavy atom. The number of hydrogen-bond acceptors (Lipinski definition) is 10. The van der Waals surface area contributed by atoms with Gasteiger partial charge in [-0.25, -0.2) is 0 Å². The minimum atomic E-state index is -1.58. The van der Waals surface area contributed by atoms with Crippen LogP contribution in [0.5, 0.6) is 0 Å². The molecule has 1 saturated heterocycles. The highest BCUT2D eigenvalue weighted by atomic mass is 16.7. The van der Waals surface area contributed by atoms with Crippen molar-refractivity contribution in [3.05, 3.63) is 72.9 Å². The molecule has 1 aliphatic heterocycles. The van der Waals surface area contributed by atoms with Crippen LogP contribution in [0.4, 0.5) is 0 Å². The van der Waals surface area contributed by atoms with E-state index in [4.69, 9.17) is 14.2 Å². The van der Waals surface area contributed by atoms with E-state index < -0.39 is 49.5 Å². The zero-order valence-corrected chi connectivity index (χ0v) is 54.1. The van der Waals surface area contributed by atoms with Crippen molar-refractivity contribution in [2.24, 2.45) is 0 Å². The van der Waals surface area contributed by atoms with Gasteiger partial charge in [0.25, 0.3) is 0 Å². The van der Waals surface area contributed by atoms with Gasteiger partial charge in [0.1, 0.15) is 24.4 Å². The number of carbonyl (C=O) groups excluding carboxylic acids is 2. The predicted molar refractivity (Wildman–Crippen MR) is 352 cm³/mol. The van der Waals surface area contributed by atoms with Crippen LogP contribution in [0.1, 0.15) is 316 Å². The van der Waals surface area contributed by atoms with Gasteiger partial charge in [0.2, 0.25) is 5.91 Å². The zero-order valence-electron chi connectivity index (χ0n) is 54.1. The molecule has 0 spiro atoms. The lowest BCUT2D eigenvalue weighted by molar-refractivity contribution is -0.302. The maximum atomic E-state index is 13.0. The number of nitrogens with one attached hydrogen (secondary N) is 1. The van der Waals surface area contributed by atoms with E-state index in [1.807, 2.05) is 6.08 Å². The molecule has 1 rings (SSSR count). The van der Waals surface area contributed by atoms with Crippen molar-refractivity contribution < 1.29 is 49.3 Å². The number of amides is 1. The molecule has 1 amide bonds. The summed E-state index contributed by atoms with van der Waals surface area (Å²) >= 11 is 0. The second kappa shape index (κ2) is 61.7. The number of rotatable bonds is 61. The molecule has 1 heterocycles. The van der Waals surface area contributed by atoms with Gasteiger partial charge in [-0.2, -0.15) is 0 Å². The van der Waals surface area contributed by atoms with Crippen LogP contribution in [0, 0.1) is 0 Å². The summed E-state index contributed by atoms with van der Waals surface area (Å²) in [6.45, 7) is 4.26. The van der Waals surface area contributed by atoms with E-state index in [2.05, 4.69) is 79.9 Å². The third-order valence-electron chi connectivity index (χ3n) is 16.3. The van der Waals surface area contributed by atoms with Gasteiger partial charge in [0.05, 0.1) is 32.0 Å². The van der Waals surface area contributed by atoms with Crippen LogP contribution in [0.25, 0.3) is 0 Å². The summed E-state index contributed by atoms with van der Waals surface area (Å²) in [5.74, 6) is -0.203. The number of ether oxygens (including phenoxy) is 3. The van der Waals surface area contributed by atoms with Gasteiger partial charge in [-0.05, 0) is 109 Å². The molecule has 11 heteroatoms. The monoisotopic (exact) mass is 1180 g/mol. The van der Waals surface area contributed by atoms with E-state index in [1.54, 1.807) is 6.08 Å². The van der Waals surface area contributed by atoms with Crippen LogP contribution >= 0.6 is 0 Å². The Balaban J connectivity index is 1.93. The molecule has 0 saturated carbocycles. The van der Waals surface area contributed by atoms with Crippen molar-refractivity contribution in [2.45, 2.75) is 358 Å². The van der Waals surface area contributed by atoms with E-state index in [-0.39, 0.29) is 18.5 Å². The van der Waals surface area contributed by atoms with E-state index in [1.165, 1.54) is 218 Å². The van der Waals surface area contributed by atoms with Crippen molar-refractivity contribution in [3.63, 3.8) is 0 Å². The minimum Gasteiger partial charge on any atom is -0.466 e. The molecule has 11 nitrogen and oxygen atoms in total. The van der Waals surface area contributed by atoms with Gasteiger partial charge in [-0.15, -0.1) is 0 Å². The lowest BCUT2D eigenvalue weighted by Gasteiger charge is -2.40. The van der Waals surface area contributed by atoms with Gasteiger partial charge < -0.3 is 45.1 Å². The first-order valence-electron chi connectivity index (χ1n) is 35.2. The first kappa shape index (κ1) is 79.1. The summed E-state index contributed by atoms with van der Waals surface area (Å²) in [7, 11) is 0. The molecule has 0 radical (unpaired) electrons. The summed E-state index contributed by atoms with van der Waals surface area (Å²) in [5.41, 5.74) is 0. The van der Waals surface area contributed by atoms with Crippen LogP contribution < -0.4 is 5.32 Å². The molecule has 1 fully saturated rings. The fourth-order valence-corrected chi connectivity index (χ4v) is 10.7. The molecular weight excluding hydrogens is 1050 g/mol. The van der Waals surface area contributed by atoms with Crippen molar-refractivity contribution in [1.82, 2.24) is 5.32 Å². The maximum absolute atomic E-state index is 13.0. The molecule has 1 aliphatic rings. The summed E-state index contributed by atoms with van der Waals surface area (Å²) in [6.07, 6.45) is 73.4. The highest BCUT2D eigenvalue weighted by molar-refractivity contribution is 5.76. The van der Waals surface area contributed by atoms with E-state index in [0.717, 1.165) is 70.6 Å². The normalized spacial score (nSPS) is 18.5. The fraction of sp³-hybridized carbons (Fsp3) is 0.808. The standard InChI is InChI=1S/C73H131NO10/c1-3-5-7-9-11-13-14-15-16-35-38-41-45-49-53-57-61-69(78)82-62-58-54-50-46-42-39-36-33-31-29-27-25-23-21-19-17-18-20-22-24-26-28-30-32-34-37-40-44-48-52-56-60-68(77)74-65(66(76)59-55-51-47-43-12-10-8-6-4-2)64-83-73-72(81)71(80)70(79)67(63-75)84-73/h12-14,16,19,21,25,27,35,43,55,59,65-67,70-73,75-76,79-81H,3-11,15,17-18,20,22-24,26,28-34,36-42,44-54,56-58,60-64H2,1-2H3,(H,74,77)/b14-13-,21-19-,27-25-,35-16-,43-12+,59-55+. The Hall–Kier alpha value is -2.90. The van der Waals surface area contributed by atoms with Crippen LogP contribution in [-0.2, 0) is 23.8 Å². The fourth-order valence-electron chi connectivity index (χ4n) is 10.7. The topological polar surface area (TPSA) is 175 Å². The lowest BCUT2D eigenvalue weighted by Crippen LogP contribution is -2.60. The Bertz CT molecular complexity index is 1630. The smallest absolute Gasteiger partial charge is 0.305 e. The lowest BCUT2D eigenvalue weighted by atomic mass is 9.99. The molecule has 0 aromatic carbocycles. The van der Waals surface area contributed by atoms with Crippen molar-refractivity contribution >= 4 is 11.9 Å². The predicted octanol–water partition coefficient (Wildman–Crippen LogP) is 17.9. The van der Waals surface area contributed by atoms with Gasteiger partial charge in [0.15, 0.2) is 6.29 Å². The van der Waals surface area contributed by atoms with Crippen LogP contribution in [0.3, 0.4) is 0 Å². The molecular formula is C73H131NO10. The molecule has 0 aromatic heterocycles. The Morgan fingerprint density at radius 2 is 0.810 bits per heavy atom. The summed E-state index contributed by atoms with van der Waals surface area (Å²) < 4.78 is 16.7. The quantitative estimate of drug-likeness (QED) is 0.0195. The number of aliphatic hydroxyl groups is 5. The molecule has 0 bridgehead atoms. The molecule has 7 atom stereocenters. The number of esters is 1. The number of aliphatic hydroxyl groups excluding tert-OH is 5. The Labute approximate surface area is 515 Å². The number of carbonyl (C=O) groups is 2. The first-order chi connectivity index (χ1) is 41.2. The maximum Gasteiger partial charge on any atom is 0.305 e. The summed E-state index contributed by atoms with van der Waals surface area (Å²) in [5, 5.41) is 54.2. The van der Waals surface area contributed by atoms with Gasteiger partial charge in [-0.3, -0.25) is 9.59 Å². The van der Waals surface area contributed by atoms with Crippen molar-refractivity contribution in [1.29, 1.82) is 0 Å². The SMILES string of the molecule is CCCCC/C=C/CC/C=C/C(O)C(COC1OC(CO)C(O)C(O)C1O)NC(=O)CCCCCCCCCCCCCCCCC/C=C\C/C=C\CCCCCCCCCCCOC(=O)CCCCCCC/C=C\C/C=C\CCCCCC. The van der Waals surface area contributed by atoms with E-state index >= 15 is 0 Å². The van der Waals surface area contributed by atoms with Crippen molar-refractivity contribution in [3.8, 4) is 0 Å². The number of unbranched alkanes of at least 4 members (excludes halogenated alkanes) is 37. The first-order valence-corrected chi connectivity index (χ1v) is 35.2. The highest BCUT2D eigenvalue weighted by Gasteiger charge is 2.44. The van der Waals surface area contributed by atoms with Crippen molar-refractivity contribution in [2.75, 3.05) is 19.8 Å². The second-order valence-electron chi connectivity index (χ2n) is 24.2. The summed E-state index contributed by atoms with van der Waals surface area (Å²) in [6, 6.07) is -0.827. The van der Waals surface area contributed by atoms with E-state index in [9.17, 15) is 35.1 Å². The third kappa shape index (κ3) is 50.1. The molecule has 488 valence electrons. The average Bonchev–Trinajstić information content (AvgIpc) is 3.34. The highest BCUT2D eigenvalue weighted by Crippen LogP contribution is 2.23. The van der Waals surface area contributed by atoms with Crippen LogP contribution in [0.2, 0.25) is 0 Å². The largest absolute Gasteiger partial charge is 0.466 e. The summed E-state index contributed by atoms with van der Waals surface area (Å²) in [4.78, 5) is 25.1. The zero-order chi connectivity index (χ0) is 60.9. The van der Waals surface area contributed by atoms with Crippen LogP contribution in [0.15, 0.2) is 72.9 Å². The van der Waals surface area contributed by atoms with E-state index in [0.29, 0.717) is 19.4 Å². The Kier molecular flexibility index (Phi) is 58.1. The van der Waals surface area contributed by atoms with Gasteiger partial charge in [-0.1, -0.05) is 267 Å². The molecule has 84 heavy (non-hydrogen) atoms. The molecule has 7 unspecified atom stereocenters. The third-order valence-corrected chi connectivity index (χ3v) is 16.3. The van der Waals surface area contributed by atoms with Crippen LogP contribution in [-0.4, -0.2) is 100 Å².